The van der Waals surface area contributed by atoms with Crippen LogP contribution < -0.4 is 4.72 Å². The molecule has 0 aromatic rings. The summed E-state index contributed by atoms with van der Waals surface area (Å²) in [5.41, 5.74) is 0. The molecule has 1 atom stereocenters. The number of rotatable bonds is 4. The molecule has 0 saturated carbocycles. The molecule has 1 saturated heterocycles. The van der Waals surface area contributed by atoms with Crippen LogP contribution in [-0.4, -0.2) is 50.2 Å². The molecule has 0 aromatic carbocycles. The van der Waals surface area contributed by atoms with E-state index in [1.54, 1.807) is 0 Å². The molecule has 0 aromatic heterocycles. The SMILES string of the molecule is O=S(=O)(NCC(F)(F)F)N1CCCC(CO)C1. The Hall–Kier alpha value is -0.380. The van der Waals surface area contributed by atoms with Crippen LogP contribution >= 0.6 is 0 Å². The lowest BCUT2D eigenvalue weighted by molar-refractivity contribution is -0.121. The van der Waals surface area contributed by atoms with Crippen molar-refractivity contribution in [3.8, 4) is 0 Å². The Kier molecular flexibility index (Phi) is 4.76. The maximum atomic E-state index is 11.9. The minimum atomic E-state index is -4.57. The second-order valence-corrected chi connectivity index (χ2v) is 5.75. The van der Waals surface area contributed by atoms with Crippen LogP contribution in [0.1, 0.15) is 12.8 Å². The van der Waals surface area contributed by atoms with Gasteiger partial charge in [0.2, 0.25) is 0 Å². The lowest BCUT2D eigenvalue weighted by Gasteiger charge is -2.30. The average molecular weight is 276 g/mol. The van der Waals surface area contributed by atoms with Crippen molar-refractivity contribution in [3.63, 3.8) is 0 Å². The van der Waals surface area contributed by atoms with Crippen molar-refractivity contribution >= 4 is 10.2 Å². The molecule has 1 rings (SSSR count). The third-order valence-corrected chi connectivity index (χ3v) is 4.06. The Morgan fingerprint density at radius 1 is 1.41 bits per heavy atom. The summed E-state index contributed by atoms with van der Waals surface area (Å²) in [6, 6.07) is 0. The molecule has 0 spiro atoms. The van der Waals surface area contributed by atoms with Gasteiger partial charge in [-0.25, -0.2) is 0 Å². The highest BCUT2D eigenvalue weighted by atomic mass is 32.2. The number of halogens is 3. The van der Waals surface area contributed by atoms with E-state index in [1.165, 1.54) is 4.72 Å². The highest BCUT2D eigenvalue weighted by Crippen LogP contribution is 2.19. The number of nitrogens with one attached hydrogen (secondary N) is 1. The molecule has 9 heteroatoms. The van der Waals surface area contributed by atoms with Crippen LogP contribution in [0.4, 0.5) is 13.2 Å². The Labute approximate surface area is 97.8 Å². The minimum absolute atomic E-state index is 0.0592. The molecule has 17 heavy (non-hydrogen) atoms. The van der Waals surface area contributed by atoms with E-state index in [4.69, 9.17) is 5.11 Å². The van der Waals surface area contributed by atoms with Gasteiger partial charge in [0.1, 0.15) is 6.54 Å². The maximum Gasteiger partial charge on any atom is 0.402 e. The number of aliphatic hydroxyl groups is 1. The van der Waals surface area contributed by atoms with E-state index in [9.17, 15) is 21.6 Å². The third kappa shape index (κ3) is 4.78. The van der Waals surface area contributed by atoms with Crippen LogP contribution in [0.2, 0.25) is 0 Å². The van der Waals surface area contributed by atoms with Crippen molar-refractivity contribution in [2.24, 2.45) is 5.92 Å². The summed E-state index contributed by atoms with van der Waals surface area (Å²) in [7, 11) is -4.11. The summed E-state index contributed by atoms with van der Waals surface area (Å²) in [6.45, 7) is -1.49. The first-order valence-electron chi connectivity index (χ1n) is 5.17. The minimum Gasteiger partial charge on any atom is -0.396 e. The number of alkyl halides is 3. The van der Waals surface area contributed by atoms with E-state index in [-0.39, 0.29) is 25.6 Å². The van der Waals surface area contributed by atoms with Crippen LogP contribution in [0.25, 0.3) is 0 Å². The average Bonchev–Trinajstić information content (AvgIpc) is 2.26. The van der Waals surface area contributed by atoms with Gasteiger partial charge in [0.25, 0.3) is 10.2 Å². The zero-order chi connectivity index (χ0) is 13.1. The molecule has 1 aliphatic heterocycles. The van der Waals surface area contributed by atoms with Gasteiger partial charge >= 0.3 is 6.18 Å². The van der Waals surface area contributed by atoms with E-state index >= 15 is 0 Å². The second-order valence-electron chi connectivity index (χ2n) is 3.99. The number of hydrogen-bond donors (Lipinski definition) is 2. The van der Waals surface area contributed by atoms with E-state index in [1.807, 2.05) is 0 Å². The van der Waals surface area contributed by atoms with Gasteiger partial charge in [0.15, 0.2) is 0 Å². The van der Waals surface area contributed by atoms with Gasteiger partial charge in [-0.3, -0.25) is 0 Å². The topological polar surface area (TPSA) is 69.6 Å². The highest BCUT2D eigenvalue weighted by molar-refractivity contribution is 7.87. The van der Waals surface area contributed by atoms with Crippen LogP contribution in [0, 0.1) is 5.92 Å². The van der Waals surface area contributed by atoms with Crippen molar-refractivity contribution in [1.29, 1.82) is 0 Å². The fourth-order valence-electron chi connectivity index (χ4n) is 1.66. The summed E-state index contributed by atoms with van der Waals surface area (Å²) in [5, 5.41) is 8.91. The molecule has 0 amide bonds. The molecule has 1 aliphatic rings. The number of nitrogens with zero attached hydrogens (tertiary/aromatic N) is 1. The van der Waals surface area contributed by atoms with Crippen molar-refractivity contribution in [1.82, 2.24) is 9.03 Å². The first kappa shape index (κ1) is 14.7. The Morgan fingerprint density at radius 3 is 2.59 bits per heavy atom. The molecule has 2 N–H and O–H groups in total. The normalized spacial score (nSPS) is 23.9. The van der Waals surface area contributed by atoms with Crippen LogP contribution in [0.15, 0.2) is 0 Å². The summed E-state index contributed by atoms with van der Waals surface area (Å²) >= 11 is 0. The quantitative estimate of drug-likeness (QED) is 0.764. The Balaban J connectivity index is 2.57. The molecule has 1 unspecified atom stereocenters. The zero-order valence-electron chi connectivity index (χ0n) is 9.07. The smallest absolute Gasteiger partial charge is 0.396 e. The van der Waals surface area contributed by atoms with Gasteiger partial charge in [0, 0.05) is 19.7 Å². The highest BCUT2D eigenvalue weighted by Gasteiger charge is 2.33. The van der Waals surface area contributed by atoms with E-state index in [0.717, 1.165) is 4.31 Å². The first-order chi connectivity index (χ1) is 7.74. The summed E-state index contributed by atoms with van der Waals surface area (Å²) in [4.78, 5) is 0. The van der Waals surface area contributed by atoms with Crippen molar-refractivity contribution in [2.75, 3.05) is 26.2 Å². The molecule has 5 nitrogen and oxygen atoms in total. The zero-order valence-corrected chi connectivity index (χ0v) is 9.89. The molecule has 0 radical (unpaired) electrons. The number of hydrogen-bond acceptors (Lipinski definition) is 3. The molecule has 102 valence electrons. The second kappa shape index (κ2) is 5.51. The lowest BCUT2D eigenvalue weighted by Crippen LogP contribution is -2.48. The van der Waals surface area contributed by atoms with Crippen LogP contribution in [-0.2, 0) is 10.2 Å². The number of piperidine rings is 1. The summed E-state index contributed by atoms with van der Waals surface area (Å²) < 4.78 is 61.2. The van der Waals surface area contributed by atoms with E-state index < -0.39 is 22.9 Å². The molecule has 1 heterocycles. The first-order valence-corrected chi connectivity index (χ1v) is 6.61. The summed E-state index contributed by atoms with van der Waals surface area (Å²) in [6.07, 6.45) is -3.35. The van der Waals surface area contributed by atoms with Gasteiger partial charge in [-0.05, 0) is 18.8 Å². The maximum absolute atomic E-state index is 11.9. The fraction of sp³-hybridized carbons (Fsp3) is 1.00. The molecular weight excluding hydrogens is 261 g/mol. The van der Waals surface area contributed by atoms with Crippen molar-refractivity contribution in [3.05, 3.63) is 0 Å². The fourth-order valence-corrected chi connectivity index (χ4v) is 2.96. The van der Waals surface area contributed by atoms with Crippen LogP contribution in [0.3, 0.4) is 0 Å². The van der Waals surface area contributed by atoms with E-state index in [2.05, 4.69) is 0 Å². The summed E-state index contributed by atoms with van der Waals surface area (Å²) in [5.74, 6) is -0.203. The van der Waals surface area contributed by atoms with Gasteiger partial charge in [-0.2, -0.15) is 30.6 Å². The largest absolute Gasteiger partial charge is 0.402 e. The monoisotopic (exact) mass is 276 g/mol. The lowest BCUT2D eigenvalue weighted by atomic mass is 10.0. The van der Waals surface area contributed by atoms with E-state index in [0.29, 0.717) is 12.8 Å². The van der Waals surface area contributed by atoms with Gasteiger partial charge in [-0.15, -0.1) is 0 Å². The molecular formula is C8H15F3N2O3S. The standard InChI is InChI=1S/C8H15F3N2O3S/c9-8(10,11)6-12-17(15,16)13-3-1-2-7(4-13)5-14/h7,12,14H,1-6H2. The molecule has 0 aliphatic carbocycles. The van der Waals surface area contributed by atoms with Gasteiger partial charge < -0.3 is 5.11 Å². The van der Waals surface area contributed by atoms with Crippen LogP contribution in [0.5, 0.6) is 0 Å². The molecule has 0 bridgehead atoms. The Bertz CT molecular complexity index is 344. The van der Waals surface area contributed by atoms with Gasteiger partial charge in [0.05, 0.1) is 0 Å². The number of aliphatic hydroxyl groups excluding tert-OH is 1. The van der Waals surface area contributed by atoms with Crippen molar-refractivity contribution in [2.45, 2.75) is 19.0 Å². The molecule has 1 fully saturated rings. The Morgan fingerprint density at radius 2 is 2.06 bits per heavy atom. The predicted octanol–water partition coefficient (Wildman–Crippen LogP) is 0.0874. The predicted molar refractivity (Wildman–Crippen MR) is 54.4 cm³/mol. The van der Waals surface area contributed by atoms with Gasteiger partial charge in [-0.1, -0.05) is 0 Å². The van der Waals surface area contributed by atoms with Crippen molar-refractivity contribution < 1.29 is 26.7 Å². The third-order valence-electron chi connectivity index (χ3n) is 2.53.